The van der Waals surface area contributed by atoms with Gasteiger partial charge in [-0.25, -0.2) is 14.2 Å². The molecule has 0 aliphatic heterocycles. The van der Waals surface area contributed by atoms with Gasteiger partial charge in [0, 0.05) is 6.07 Å². The molecular formula is C9H6FN3O3. The number of hydrogen-bond acceptors (Lipinski definition) is 4. The summed E-state index contributed by atoms with van der Waals surface area (Å²) < 4.78 is 13.1. The topological polar surface area (TPSA) is 109 Å². The van der Waals surface area contributed by atoms with Gasteiger partial charge < -0.3 is 15.8 Å². The minimum atomic E-state index is -1.47. The highest BCUT2D eigenvalue weighted by molar-refractivity contribution is 5.88. The van der Waals surface area contributed by atoms with Gasteiger partial charge >= 0.3 is 5.97 Å². The normalized spacial score (nSPS) is 10.6. The van der Waals surface area contributed by atoms with Gasteiger partial charge in [-0.1, -0.05) is 0 Å². The number of nitrogens with one attached hydrogen (secondary N) is 1. The molecule has 0 atom stereocenters. The van der Waals surface area contributed by atoms with Crippen LogP contribution in [-0.2, 0) is 0 Å². The van der Waals surface area contributed by atoms with Crippen molar-refractivity contribution in [2.75, 3.05) is 5.73 Å². The van der Waals surface area contributed by atoms with Gasteiger partial charge in [0.15, 0.2) is 0 Å². The number of hydrogen-bond donors (Lipinski definition) is 3. The van der Waals surface area contributed by atoms with Crippen molar-refractivity contribution in [3.63, 3.8) is 0 Å². The number of fused-ring (bicyclic) bond motifs is 1. The van der Waals surface area contributed by atoms with Crippen molar-refractivity contribution < 1.29 is 14.3 Å². The molecule has 0 saturated carbocycles. The molecule has 6 nitrogen and oxygen atoms in total. The van der Waals surface area contributed by atoms with E-state index in [1.165, 1.54) is 6.07 Å². The minimum absolute atomic E-state index is 0.0312. The molecule has 1 aromatic heterocycles. The van der Waals surface area contributed by atoms with Gasteiger partial charge in [0.05, 0.1) is 16.7 Å². The van der Waals surface area contributed by atoms with Gasteiger partial charge in [0.25, 0.3) is 5.56 Å². The zero-order valence-corrected chi connectivity index (χ0v) is 7.82. The predicted octanol–water partition coefficient (Wildman–Crippen LogP) is 0.343. The molecule has 0 spiro atoms. The summed E-state index contributed by atoms with van der Waals surface area (Å²) in [5.74, 6) is -2.19. The third-order valence-corrected chi connectivity index (χ3v) is 2.01. The number of halogens is 1. The van der Waals surface area contributed by atoms with E-state index in [4.69, 9.17) is 10.8 Å². The van der Waals surface area contributed by atoms with E-state index in [9.17, 15) is 14.0 Å². The number of benzene rings is 1. The second-order valence-corrected chi connectivity index (χ2v) is 3.11. The van der Waals surface area contributed by atoms with Gasteiger partial charge in [-0.15, -0.1) is 0 Å². The number of H-pyrrole nitrogens is 1. The third-order valence-electron chi connectivity index (χ3n) is 2.01. The van der Waals surface area contributed by atoms with Crippen LogP contribution >= 0.6 is 0 Å². The highest BCUT2D eigenvalue weighted by Gasteiger charge is 2.13. The Hall–Kier alpha value is -2.44. The fourth-order valence-electron chi connectivity index (χ4n) is 1.27. The molecule has 4 N–H and O–H groups in total. The number of nitrogens with two attached hydrogens (primary N) is 1. The zero-order chi connectivity index (χ0) is 11.9. The number of carboxylic acids is 1. The molecule has 0 amide bonds. The SMILES string of the molecule is Nc1cc2[nH]c(=O)c(C(=O)O)nc2cc1F. The lowest BCUT2D eigenvalue weighted by atomic mass is 10.2. The molecule has 2 aromatic rings. The molecule has 0 fully saturated rings. The van der Waals surface area contributed by atoms with Crippen LogP contribution in [0.5, 0.6) is 0 Å². The first kappa shape index (κ1) is 10.1. The molecule has 7 heteroatoms. The Labute approximate surface area is 87.5 Å². The highest BCUT2D eigenvalue weighted by Crippen LogP contribution is 2.16. The summed E-state index contributed by atoms with van der Waals surface area (Å²) in [7, 11) is 0. The molecule has 1 heterocycles. The number of aromatic carboxylic acids is 1. The van der Waals surface area contributed by atoms with E-state index in [0.29, 0.717) is 0 Å². The van der Waals surface area contributed by atoms with Crippen LogP contribution in [-0.4, -0.2) is 21.0 Å². The second-order valence-electron chi connectivity index (χ2n) is 3.11. The Kier molecular flexibility index (Phi) is 2.08. The highest BCUT2D eigenvalue weighted by atomic mass is 19.1. The summed E-state index contributed by atoms with van der Waals surface area (Å²) in [6.45, 7) is 0. The fourth-order valence-corrected chi connectivity index (χ4v) is 1.27. The van der Waals surface area contributed by atoms with Crippen molar-refractivity contribution in [1.29, 1.82) is 0 Å². The van der Waals surface area contributed by atoms with E-state index < -0.39 is 23.0 Å². The lowest BCUT2D eigenvalue weighted by molar-refractivity contribution is 0.0689. The molecule has 0 aliphatic rings. The molecule has 16 heavy (non-hydrogen) atoms. The Morgan fingerprint density at radius 3 is 2.81 bits per heavy atom. The van der Waals surface area contributed by atoms with Gasteiger partial charge in [0.2, 0.25) is 5.69 Å². The summed E-state index contributed by atoms with van der Waals surface area (Å²) in [6, 6.07) is 2.15. The third kappa shape index (κ3) is 1.48. The van der Waals surface area contributed by atoms with Crippen molar-refractivity contribution in [3.05, 3.63) is 34.0 Å². The smallest absolute Gasteiger partial charge is 0.360 e. The number of carbonyl (C=O) groups is 1. The summed E-state index contributed by atoms with van der Waals surface area (Å²) in [5, 5.41) is 8.65. The number of anilines is 1. The van der Waals surface area contributed by atoms with Crippen molar-refractivity contribution in [2.45, 2.75) is 0 Å². The van der Waals surface area contributed by atoms with Crippen molar-refractivity contribution in [1.82, 2.24) is 9.97 Å². The summed E-state index contributed by atoms with van der Waals surface area (Å²) in [6.07, 6.45) is 0. The first-order valence-electron chi connectivity index (χ1n) is 4.21. The van der Waals surface area contributed by atoms with E-state index in [2.05, 4.69) is 9.97 Å². The molecule has 0 bridgehead atoms. The van der Waals surface area contributed by atoms with E-state index in [1.807, 2.05) is 0 Å². The molecule has 0 aliphatic carbocycles. The average Bonchev–Trinajstić information content (AvgIpc) is 2.19. The second kappa shape index (κ2) is 3.30. The number of rotatable bonds is 1. The van der Waals surface area contributed by atoms with E-state index in [-0.39, 0.29) is 16.7 Å². The number of nitrogen functional groups attached to an aromatic ring is 1. The Balaban J connectivity index is 2.85. The largest absolute Gasteiger partial charge is 0.476 e. The molecule has 82 valence electrons. The van der Waals surface area contributed by atoms with Gasteiger partial charge in [-0.3, -0.25) is 4.79 Å². The van der Waals surface area contributed by atoms with Crippen molar-refractivity contribution in [2.24, 2.45) is 0 Å². The monoisotopic (exact) mass is 223 g/mol. The van der Waals surface area contributed by atoms with E-state index in [1.54, 1.807) is 0 Å². The predicted molar refractivity (Wildman–Crippen MR) is 53.7 cm³/mol. The number of carboxylic acid groups (broad SMARTS) is 1. The van der Waals surface area contributed by atoms with Crippen LogP contribution in [0.15, 0.2) is 16.9 Å². The lowest BCUT2D eigenvalue weighted by Crippen LogP contribution is -2.19. The van der Waals surface area contributed by atoms with Gasteiger partial charge in [0.1, 0.15) is 5.82 Å². The van der Waals surface area contributed by atoms with Gasteiger partial charge in [-0.2, -0.15) is 0 Å². The van der Waals surface area contributed by atoms with Crippen LogP contribution in [0.25, 0.3) is 11.0 Å². The standard InChI is InChI=1S/C9H6FN3O3/c10-3-1-5-6(2-4(3)11)13-8(14)7(12-5)9(15)16/h1-2H,11H2,(H,13,14)(H,15,16). The molecular weight excluding hydrogens is 217 g/mol. The maximum Gasteiger partial charge on any atom is 0.360 e. The van der Waals surface area contributed by atoms with E-state index >= 15 is 0 Å². The maximum atomic E-state index is 13.1. The summed E-state index contributed by atoms with van der Waals surface area (Å²) >= 11 is 0. The van der Waals surface area contributed by atoms with Crippen LogP contribution in [0.2, 0.25) is 0 Å². The minimum Gasteiger partial charge on any atom is -0.476 e. The average molecular weight is 223 g/mol. The quantitative estimate of drug-likeness (QED) is 0.604. The molecule has 0 radical (unpaired) electrons. The molecule has 0 saturated heterocycles. The Morgan fingerprint density at radius 1 is 1.50 bits per heavy atom. The van der Waals surface area contributed by atoms with Crippen molar-refractivity contribution in [3.8, 4) is 0 Å². The lowest BCUT2D eigenvalue weighted by Gasteiger charge is -2.01. The molecule has 2 rings (SSSR count). The Bertz CT molecular complexity index is 650. The molecule has 0 unspecified atom stereocenters. The van der Waals surface area contributed by atoms with Crippen LogP contribution in [0.1, 0.15) is 10.5 Å². The number of aromatic nitrogens is 2. The Morgan fingerprint density at radius 2 is 2.19 bits per heavy atom. The van der Waals surface area contributed by atoms with E-state index in [0.717, 1.165) is 6.07 Å². The van der Waals surface area contributed by atoms with Crippen LogP contribution in [0.3, 0.4) is 0 Å². The van der Waals surface area contributed by atoms with Gasteiger partial charge in [-0.05, 0) is 6.07 Å². The zero-order valence-electron chi connectivity index (χ0n) is 7.82. The summed E-state index contributed by atoms with van der Waals surface area (Å²) in [5.41, 5.74) is 3.83. The van der Waals surface area contributed by atoms with Crippen LogP contribution in [0, 0.1) is 5.82 Å². The first-order valence-corrected chi connectivity index (χ1v) is 4.21. The van der Waals surface area contributed by atoms with Crippen LogP contribution < -0.4 is 11.3 Å². The molecule has 1 aromatic carbocycles. The summed E-state index contributed by atoms with van der Waals surface area (Å²) in [4.78, 5) is 27.7. The number of aromatic amines is 1. The number of nitrogens with zero attached hydrogens (tertiary/aromatic N) is 1. The fraction of sp³-hybridized carbons (Fsp3) is 0. The van der Waals surface area contributed by atoms with Crippen LogP contribution in [0.4, 0.5) is 10.1 Å². The van der Waals surface area contributed by atoms with Crippen molar-refractivity contribution >= 4 is 22.7 Å². The first-order chi connectivity index (χ1) is 7.49. The maximum absolute atomic E-state index is 13.1.